The fourth-order valence-corrected chi connectivity index (χ4v) is 9.51. The first-order valence-corrected chi connectivity index (χ1v) is 27.9. The molecule has 0 aromatic rings. The highest BCUT2D eigenvalue weighted by atomic mass is 31.2. The third kappa shape index (κ3) is 33.5. The number of hydrogen-bond acceptors (Lipinski definition) is 11. The summed E-state index contributed by atoms with van der Waals surface area (Å²) in [6.45, 7) is 4.32. The van der Waals surface area contributed by atoms with E-state index in [9.17, 15) is 39.8 Å². The molecular weight excluding hydrogens is 824 g/mol. The summed E-state index contributed by atoms with van der Waals surface area (Å²) in [6, 6.07) is 0. The Bertz CT molecular complexity index is 1050. The summed E-state index contributed by atoms with van der Waals surface area (Å²) in [7, 11) is -5.01. The zero-order chi connectivity index (χ0) is 46.2. The fraction of sp³-hybridized carbons (Fsp3) is 0.980. The van der Waals surface area contributed by atoms with Crippen LogP contribution >= 0.6 is 7.82 Å². The van der Waals surface area contributed by atoms with Gasteiger partial charge in [0.15, 0.2) is 0 Å². The number of ether oxygens (including phenoxy) is 2. The van der Waals surface area contributed by atoms with Crippen molar-refractivity contribution < 1.29 is 58.3 Å². The van der Waals surface area contributed by atoms with Gasteiger partial charge in [0.2, 0.25) is 0 Å². The highest BCUT2D eigenvalue weighted by molar-refractivity contribution is 7.47. The number of aliphatic hydroxyl groups is 5. The van der Waals surface area contributed by atoms with Gasteiger partial charge in [0.05, 0.1) is 13.2 Å². The van der Waals surface area contributed by atoms with Crippen LogP contribution in [0.2, 0.25) is 0 Å². The SMILES string of the molecule is CCCCCCCCCCCCCCCCCCCCCCC(=O)O[C@H](COCCCCCCCCCCCCCCCCCC)COP(=O)(O)OC1C(O)C(O)C(O)[C@@H](O)C1O. The molecule has 0 amide bonds. The second-order valence-corrected chi connectivity index (χ2v) is 20.2. The van der Waals surface area contributed by atoms with E-state index in [-0.39, 0.29) is 13.0 Å². The number of phosphoric acid groups is 1. The molecule has 63 heavy (non-hydrogen) atoms. The van der Waals surface area contributed by atoms with E-state index in [1.54, 1.807) is 0 Å². The summed E-state index contributed by atoms with van der Waals surface area (Å²) in [5.74, 6) is -0.468. The highest BCUT2D eigenvalue weighted by Crippen LogP contribution is 2.47. The molecule has 0 spiro atoms. The fourth-order valence-electron chi connectivity index (χ4n) is 8.54. The Morgan fingerprint density at radius 3 is 1.10 bits per heavy atom. The third-order valence-electron chi connectivity index (χ3n) is 12.7. The van der Waals surface area contributed by atoms with Crippen molar-refractivity contribution in [2.75, 3.05) is 19.8 Å². The van der Waals surface area contributed by atoms with Gasteiger partial charge < -0.3 is 39.9 Å². The Morgan fingerprint density at radius 2 is 0.746 bits per heavy atom. The average Bonchev–Trinajstić information content (AvgIpc) is 3.27. The number of aliphatic hydroxyl groups excluding tert-OH is 5. The van der Waals surface area contributed by atoms with Gasteiger partial charge in [-0.05, 0) is 12.8 Å². The van der Waals surface area contributed by atoms with Gasteiger partial charge in [0, 0.05) is 13.0 Å². The number of carbonyl (C=O) groups excluding carboxylic acids is 1. The molecule has 6 unspecified atom stereocenters. The first kappa shape index (κ1) is 60.4. The van der Waals surface area contributed by atoms with E-state index < -0.39 is 63.1 Å². The minimum atomic E-state index is -5.01. The van der Waals surface area contributed by atoms with Gasteiger partial charge in [-0.15, -0.1) is 0 Å². The van der Waals surface area contributed by atoms with Crippen LogP contribution in [0.4, 0.5) is 0 Å². The van der Waals surface area contributed by atoms with Crippen molar-refractivity contribution in [2.45, 2.75) is 294 Å². The Labute approximate surface area is 385 Å². The molecule has 8 atom stereocenters. The molecule has 13 heteroatoms. The zero-order valence-corrected chi connectivity index (χ0v) is 41.3. The van der Waals surface area contributed by atoms with Crippen LogP contribution < -0.4 is 0 Å². The molecule has 1 saturated carbocycles. The third-order valence-corrected chi connectivity index (χ3v) is 13.7. The normalized spacial score (nSPS) is 21.7. The van der Waals surface area contributed by atoms with Crippen LogP contribution in [-0.2, 0) is 27.9 Å². The van der Waals surface area contributed by atoms with Crippen molar-refractivity contribution in [1.82, 2.24) is 0 Å². The van der Waals surface area contributed by atoms with Crippen LogP contribution in [0.15, 0.2) is 0 Å². The van der Waals surface area contributed by atoms with Crippen LogP contribution in [0.1, 0.15) is 251 Å². The standard InChI is InChI=1S/C50H99O12P/c1-3-5-7-9-11-13-15-17-19-21-22-23-24-25-27-29-31-33-35-37-39-44(51)61-43(42-60-63(57,58)62-50-48(55)46(53)45(52)47(54)49(50)56)41-59-40-38-36-34-32-30-28-26-20-18-16-14-12-10-8-6-4-2/h43,45-50,52-56H,3-42H2,1-2H3,(H,57,58)/t43-,45?,46-,47?,48?,49?,50?/m1/s1. The number of hydrogen-bond donors (Lipinski definition) is 6. The van der Waals surface area contributed by atoms with Crippen LogP contribution in [0.25, 0.3) is 0 Å². The maximum atomic E-state index is 12.8. The maximum Gasteiger partial charge on any atom is 0.472 e. The monoisotopic (exact) mass is 923 g/mol. The van der Waals surface area contributed by atoms with Crippen LogP contribution in [0.5, 0.6) is 0 Å². The summed E-state index contributed by atoms with van der Waals surface area (Å²) in [5, 5.41) is 50.3. The Kier molecular flexibility index (Phi) is 39.8. The van der Waals surface area contributed by atoms with E-state index in [0.29, 0.717) is 13.0 Å². The lowest BCUT2D eigenvalue weighted by Gasteiger charge is -2.41. The van der Waals surface area contributed by atoms with E-state index in [2.05, 4.69) is 13.8 Å². The Hall–Kier alpha value is -0.660. The molecule has 1 rings (SSSR count). The minimum absolute atomic E-state index is 0.0674. The van der Waals surface area contributed by atoms with Crippen LogP contribution in [-0.4, -0.2) is 98.9 Å². The average molecular weight is 923 g/mol. The quantitative estimate of drug-likeness (QED) is 0.0193. The molecule has 0 radical (unpaired) electrons. The molecule has 0 bridgehead atoms. The van der Waals surface area contributed by atoms with Gasteiger partial charge >= 0.3 is 13.8 Å². The molecule has 0 aromatic carbocycles. The van der Waals surface area contributed by atoms with E-state index in [4.69, 9.17) is 18.5 Å². The van der Waals surface area contributed by atoms with E-state index in [0.717, 1.165) is 38.5 Å². The molecule has 0 aromatic heterocycles. The molecule has 1 fully saturated rings. The van der Waals surface area contributed by atoms with E-state index in [1.807, 2.05) is 0 Å². The van der Waals surface area contributed by atoms with Crippen LogP contribution in [0.3, 0.4) is 0 Å². The van der Waals surface area contributed by atoms with Gasteiger partial charge in [-0.1, -0.05) is 232 Å². The Balaban J connectivity index is 2.31. The van der Waals surface area contributed by atoms with Crippen molar-refractivity contribution in [3.63, 3.8) is 0 Å². The lowest BCUT2D eigenvalue weighted by atomic mass is 9.85. The lowest BCUT2D eigenvalue weighted by molar-refractivity contribution is -0.220. The predicted octanol–water partition coefficient (Wildman–Crippen LogP) is 11.7. The first-order valence-electron chi connectivity index (χ1n) is 26.4. The molecule has 0 heterocycles. The van der Waals surface area contributed by atoms with E-state index in [1.165, 1.54) is 186 Å². The second kappa shape index (κ2) is 41.5. The maximum absolute atomic E-state index is 12.8. The van der Waals surface area contributed by atoms with Gasteiger partial charge in [0.25, 0.3) is 0 Å². The van der Waals surface area contributed by atoms with Gasteiger partial charge in [0.1, 0.15) is 42.7 Å². The summed E-state index contributed by atoms with van der Waals surface area (Å²) in [5.41, 5.74) is 0. The number of esters is 1. The number of unbranched alkanes of at least 4 members (excludes halogenated alkanes) is 34. The summed E-state index contributed by atoms with van der Waals surface area (Å²) in [6.07, 6.45) is 33.1. The molecule has 376 valence electrons. The van der Waals surface area contributed by atoms with Crippen molar-refractivity contribution in [3.05, 3.63) is 0 Å². The largest absolute Gasteiger partial charge is 0.472 e. The summed E-state index contributed by atoms with van der Waals surface area (Å²) < 4.78 is 34.3. The number of carbonyl (C=O) groups is 1. The highest BCUT2D eigenvalue weighted by Gasteiger charge is 2.51. The zero-order valence-electron chi connectivity index (χ0n) is 40.4. The summed E-state index contributed by atoms with van der Waals surface area (Å²) in [4.78, 5) is 23.2. The molecule has 1 aliphatic rings. The molecular formula is C50H99O12P. The first-order chi connectivity index (χ1) is 30.5. The van der Waals surface area contributed by atoms with Gasteiger partial charge in [-0.2, -0.15) is 0 Å². The van der Waals surface area contributed by atoms with Gasteiger partial charge in [-0.25, -0.2) is 4.57 Å². The molecule has 0 saturated heterocycles. The van der Waals surface area contributed by atoms with E-state index >= 15 is 0 Å². The van der Waals surface area contributed by atoms with Crippen molar-refractivity contribution in [3.8, 4) is 0 Å². The van der Waals surface area contributed by atoms with Crippen molar-refractivity contribution in [1.29, 1.82) is 0 Å². The molecule has 1 aliphatic carbocycles. The predicted molar refractivity (Wildman–Crippen MR) is 254 cm³/mol. The Morgan fingerprint density at radius 1 is 0.444 bits per heavy atom. The van der Waals surface area contributed by atoms with Crippen LogP contribution in [0, 0.1) is 0 Å². The number of phosphoric ester groups is 1. The number of rotatable bonds is 46. The minimum Gasteiger partial charge on any atom is -0.457 e. The smallest absolute Gasteiger partial charge is 0.457 e. The van der Waals surface area contributed by atoms with Crippen molar-refractivity contribution >= 4 is 13.8 Å². The molecule has 6 N–H and O–H groups in total. The summed E-state index contributed by atoms with van der Waals surface area (Å²) >= 11 is 0. The second-order valence-electron chi connectivity index (χ2n) is 18.7. The topological polar surface area (TPSA) is 192 Å². The van der Waals surface area contributed by atoms with Gasteiger partial charge in [-0.3, -0.25) is 13.8 Å². The molecule has 0 aliphatic heterocycles. The molecule has 12 nitrogen and oxygen atoms in total. The lowest BCUT2D eigenvalue weighted by Crippen LogP contribution is -2.64. The van der Waals surface area contributed by atoms with Crippen molar-refractivity contribution in [2.24, 2.45) is 0 Å².